The summed E-state index contributed by atoms with van der Waals surface area (Å²) in [5.74, 6) is 0.286. The monoisotopic (exact) mass is 356 g/mol. The van der Waals surface area contributed by atoms with Crippen molar-refractivity contribution in [2.24, 2.45) is 0 Å². The molecule has 9 heteroatoms. The van der Waals surface area contributed by atoms with Crippen LogP contribution in [0.25, 0.3) is 5.69 Å². The van der Waals surface area contributed by atoms with Crippen molar-refractivity contribution in [2.75, 3.05) is 0 Å². The van der Waals surface area contributed by atoms with E-state index in [1.165, 1.54) is 12.1 Å². The van der Waals surface area contributed by atoms with Crippen LogP contribution in [0.3, 0.4) is 0 Å². The quantitative estimate of drug-likeness (QED) is 0.760. The van der Waals surface area contributed by atoms with E-state index in [0.29, 0.717) is 19.6 Å². The molecular formula is C17H17FN6O2. The molecule has 1 N–H and O–H groups in total. The molecule has 0 spiro atoms. The first kappa shape index (κ1) is 16.4. The molecule has 1 atom stereocenters. The van der Waals surface area contributed by atoms with Crippen molar-refractivity contribution in [1.82, 2.24) is 29.4 Å². The van der Waals surface area contributed by atoms with Crippen LogP contribution >= 0.6 is 0 Å². The van der Waals surface area contributed by atoms with Gasteiger partial charge in [-0.3, -0.25) is 9.69 Å². The van der Waals surface area contributed by atoms with Gasteiger partial charge >= 0.3 is 5.97 Å². The second kappa shape index (κ2) is 6.34. The van der Waals surface area contributed by atoms with Crippen LogP contribution in [0.4, 0.5) is 4.39 Å². The van der Waals surface area contributed by atoms with Crippen molar-refractivity contribution in [3.8, 4) is 5.69 Å². The van der Waals surface area contributed by atoms with E-state index in [0.717, 1.165) is 22.9 Å². The van der Waals surface area contributed by atoms with Crippen LogP contribution in [-0.4, -0.2) is 46.6 Å². The Bertz CT molecular complexity index is 949. The van der Waals surface area contributed by atoms with Gasteiger partial charge in [0.2, 0.25) is 0 Å². The number of aryl methyl sites for hydroxylation is 1. The van der Waals surface area contributed by atoms with Gasteiger partial charge in [0.1, 0.15) is 23.5 Å². The van der Waals surface area contributed by atoms with E-state index in [9.17, 15) is 14.3 Å². The number of nitrogens with zero attached hydrogens (tertiary/aromatic N) is 6. The minimum Gasteiger partial charge on any atom is -0.480 e. The molecule has 0 amide bonds. The molecule has 1 aromatic carbocycles. The average Bonchev–Trinajstić information content (AvgIpc) is 3.22. The number of hydrogen-bond acceptors (Lipinski definition) is 5. The maximum absolute atomic E-state index is 13.1. The number of halogens is 1. The highest BCUT2D eigenvalue weighted by molar-refractivity contribution is 5.73. The molecule has 134 valence electrons. The zero-order valence-electron chi connectivity index (χ0n) is 14.1. The van der Waals surface area contributed by atoms with Gasteiger partial charge in [-0.15, -0.1) is 10.2 Å². The van der Waals surface area contributed by atoms with E-state index in [-0.39, 0.29) is 5.82 Å². The molecule has 2 aromatic heterocycles. The Balaban J connectivity index is 1.56. The minimum atomic E-state index is -0.880. The van der Waals surface area contributed by atoms with Gasteiger partial charge in [-0.25, -0.2) is 9.07 Å². The molecule has 0 aliphatic carbocycles. The first-order valence-corrected chi connectivity index (χ1v) is 8.16. The number of fused-ring (bicyclic) bond motifs is 1. The van der Waals surface area contributed by atoms with Gasteiger partial charge in [0.15, 0.2) is 0 Å². The Labute approximate surface area is 148 Å². The molecule has 1 unspecified atom stereocenters. The Morgan fingerprint density at radius 3 is 2.81 bits per heavy atom. The van der Waals surface area contributed by atoms with E-state index in [4.69, 9.17) is 0 Å². The molecule has 0 saturated carbocycles. The molecule has 0 fully saturated rings. The number of carboxylic acids is 1. The molecule has 0 saturated heterocycles. The molecule has 1 aliphatic heterocycles. The largest absolute Gasteiger partial charge is 0.480 e. The van der Waals surface area contributed by atoms with Crippen molar-refractivity contribution >= 4 is 5.97 Å². The third kappa shape index (κ3) is 2.97. The van der Waals surface area contributed by atoms with E-state index in [1.807, 2.05) is 22.6 Å². The lowest BCUT2D eigenvalue weighted by Gasteiger charge is -2.33. The second-order valence-corrected chi connectivity index (χ2v) is 6.30. The number of benzene rings is 1. The van der Waals surface area contributed by atoms with Crippen LogP contribution in [-0.2, 0) is 24.4 Å². The van der Waals surface area contributed by atoms with E-state index in [2.05, 4.69) is 15.3 Å². The van der Waals surface area contributed by atoms with Gasteiger partial charge < -0.3 is 9.67 Å². The van der Waals surface area contributed by atoms with E-state index >= 15 is 0 Å². The summed E-state index contributed by atoms with van der Waals surface area (Å²) >= 11 is 0. The summed E-state index contributed by atoms with van der Waals surface area (Å²) in [7, 11) is 0. The number of aliphatic carboxylic acids is 1. The fraction of sp³-hybridized carbons (Fsp3) is 0.294. The Morgan fingerprint density at radius 1 is 1.31 bits per heavy atom. The molecule has 26 heavy (non-hydrogen) atoms. The average molecular weight is 356 g/mol. The first-order chi connectivity index (χ1) is 12.5. The Hall–Kier alpha value is -3.07. The van der Waals surface area contributed by atoms with E-state index in [1.54, 1.807) is 23.0 Å². The van der Waals surface area contributed by atoms with Gasteiger partial charge in [-0.2, -0.15) is 5.10 Å². The zero-order valence-corrected chi connectivity index (χ0v) is 14.1. The van der Waals surface area contributed by atoms with Crippen molar-refractivity contribution in [3.63, 3.8) is 0 Å². The van der Waals surface area contributed by atoms with E-state index < -0.39 is 12.0 Å². The van der Waals surface area contributed by atoms with Gasteiger partial charge in [0, 0.05) is 18.3 Å². The molecule has 8 nitrogen and oxygen atoms in total. The number of hydrogen-bond donors (Lipinski definition) is 1. The predicted molar refractivity (Wildman–Crippen MR) is 89.0 cm³/mol. The van der Waals surface area contributed by atoms with Crippen LogP contribution < -0.4 is 0 Å². The maximum atomic E-state index is 13.1. The lowest BCUT2D eigenvalue weighted by atomic mass is 10.1. The minimum absolute atomic E-state index is 0.307. The summed E-state index contributed by atoms with van der Waals surface area (Å²) in [6, 6.07) is 5.36. The van der Waals surface area contributed by atoms with Gasteiger partial charge in [-0.05, 0) is 31.2 Å². The number of rotatable bonds is 4. The predicted octanol–water partition coefficient (Wildman–Crippen LogP) is 1.38. The summed E-state index contributed by atoms with van der Waals surface area (Å²) in [6.07, 6.45) is 3.50. The summed E-state index contributed by atoms with van der Waals surface area (Å²) in [4.78, 5) is 13.5. The van der Waals surface area contributed by atoms with Gasteiger partial charge in [0.05, 0.1) is 25.0 Å². The highest BCUT2D eigenvalue weighted by Crippen LogP contribution is 2.21. The fourth-order valence-corrected chi connectivity index (χ4v) is 3.17. The standard InChI is InChI=1S/C17H17FN6O2/c1-11-20-21-16-10-22(15(17(25)26)9-23(11)16)7-12-6-19-24(8-12)14-4-2-13(18)3-5-14/h2-6,8,15H,7,9-10H2,1H3,(H,25,26). The molecule has 3 heterocycles. The van der Waals surface area contributed by atoms with Crippen molar-refractivity contribution in [1.29, 1.82) is 0 Å². The highest BCUT2D eigenvalue weighted by Gasteiger charge is 2.33. The van der Waals surface area contributed by atoms with Crippen LogP contribution in [0.2, 0.25) is 0 Å². The molecule has 3 aromatic rings. The summed E-state index contributed by atoms with van der Waals surface area (Å²) in [5, 5.41) is 22.0. The van der Waals surface area contributed by atoms with Crippen LogP contribution in [0.1, 0.15) is 17.2 Å². The molecule has 4 rings (SSSR count). The summed E-state index contributed by atoms with van der Waals surface area (Å²) in [5.41, 5.74) is 1.60. The zero-order chi connectivity index (χ0) is 18.3. The van der Waals surface area contributed by atoms with Gasteiger partial charge in [0.25, 0.3) is 0 Å². The van der Waals surface area contributed by atoms with Crippen LogP contribution in [0, 0.1) is 12.7 Å². The molecular weight excluding hydrogens is 339 g/mol. The first-order valence-electron chi connectivity index (χ1n) is 8.16. The summed E-state index contributed by atoms with van der Waals surface area (Å²) < 4.78 is 16.5. The molecule has 0 radical (unpaired) electrons. The topological polar surface area (TPSA) is 89.1 Å². The van der Waals surface area contributed by atoms with Crippen molar-refractivity contribution in [2.45, 2.75) is 32.6 Å². The van der Waals surface area contributed by atoms with Gasteiger partial charge in [-0.1, -0.05) is 0 Å². The molecule has 0 bridgehead atoms. The number of carbonyl (C=O) groups is 1. The number of aromatic nitrogens is 5. The third-order valence-electron chi connectivity index (χ3n) is 4.55. The second-order valence-electron chi connectivity index (χ2n) is 6.30. The normalized spacial score (nSPS) is 17.2. The highest BCUT2D eigenvalue weighted by atomic mass is 19.1. The van der Waals surface area contributed by atoms with Crippen LogP contribution in [0.15, 0.2) is 36.7 Å². The smallest absolute Gasteiger partial charge is 0.322 e. The fourth-order valence-electron chi connectivity index (χ4n) is 3.17. The van der Waals surface area contributed by atoms with Crippen molar-refractivity contribution in [3.05, 3.63) is 59.7 Å². The number of carboxylic acid groups (broad SMARTS) is 1. The lowest BCUT2D eigenvalue weighted by molar-refractivity contribution is -0.145. The maximum Gasteiger partial charge on any atom is 0.322 e. The molecule has 1 aliphatic rings. The summed E-state index contributed by atoms with van der Waals surface area (Å²) in [6.45, 7) is 2.96. The van der Waals surface area contributed by atoms with Crippen molar-refractivity contribution < 1.29 is 14.3 Å². The Morgan fingerprint density at radius 2 is 2.08 bits per heavy atom. The Kier molecular flexibility index (Phi) is 4.00. The van der Waals surface area contributed by atoms with Crippen LogP contribution in [0.5, 0.6) is 0 Å². The SMILES string of the molecule is Cc1nnc2n1CC(C(=O)O)N(Cc1cnn(-c3ccc(F)cc3)c1)C2. The lowest BCUT2D eigenvalue weighted by Crippen LogP contribution is -2.47. The third-order valence-corrected chi connectivity index (χ3v) is 4.55.